The second kappa shape index (κ2) is 6.20. The molecule has 118 valence electrons. The summed E-state index contributed by atoms with van der Waals surface area (Å²) in [5.41, 5.74) is 1.02. The zero-order valence-electron chi connectivity index (χ0n) is 12.7. The van der Waals surface area contributed by atoms with Crippen molar-refractivity contribution in [3.63, 3.8) is 0 Å². The molecule has 1 saturated carbocycles. The normalized spacial score (nSPS) is 22.5. The van der Waals surface area contributed by atoms with Gasteiger partial charge in [-0.15, -0.1) is 11.8 Å². The minimum atomic E-state index is -0.449. The molecule has 3 rings (SSSR count). The van der Waals surface area contributed by atoms with Gasteiger partial charge in [0.1, 0.15) is 17.2 Å². The summed E-state index contributed by atoms with van der Waals surface area (Å²) >= 11 is 1.56. The summed E-state index contributed by atoms with van der Waals surface area (Å²) in [6.45, 7) is 1.80. The van der Waals surface area contributed by atoms with Gasteiger partial charge in [-0.3, -0.25) is 9.59 Å². The summed E-state index contributed by atoms with van der Waals surface area (Å²) < 4.78 is 5.16. The van der Waals surface area contributed by atoms with Crippen LogP contribution >= 0.6 is 11.8 Å². The molecule has 5 nitrogen and oxygen atoms in total. The van der Waals surface area contributed by atoms with Gasteiger partial charge in [0, 0.05) is 6.04 Å². The molecule has 2 fully saturated rings. The van der Waals surface area contributed by atoms with Crippen molar-refractivity contribution in [1.29, 1.82) is 0 Å². The first-order chi connectivity index (χ1) is 10.6. The average molecular weight is 320 g/mol. The number of hydrogen-bond donors (Lipinski definition) is 1. The zero-order chi connectivity index (χ0) is 15.7. The molecule has 1 aliphatic carbocycles. The number of carbonyl (C=O) groups excluding carboxylic acids is 2. The highest BCUT2D eigenvalue weighted by molar-refractivity contribution is 8.00. The third kappa shape index (κ3) is 3.06. The number of nitrogens with one attached hydrogen (secondary N) is 1. The summed E-state index contributed by atoms with van der Waals surface area (Å²) in [6.07, 6.45) is 2.09. The Labute approximate surface area is 134 Å². The number of carbonyl (C=O) groups is 2. The maximum absolute atomic E-state index is 12.3. The van der Waals surface area contributed by atoms with Gasteiger partial charge < -0.3 is 15.0 Å². The molecule has 1 heterocycles. The van der Waals surface area contributed by atoms with Crippen LogP contribution < -0.4 is 10.1 Å². The van der Waals surface area contributed by atoms with Crippen molar-refractivity contribution in [3.05, 3.63) is 29.8 Å². The quantitative estimate of drug-likeness (QED) is 0.901. The van der Waals surface area contributed by atoms with Crippen LogP contribution in [0.25, 0.3) is 0 Å². The summed E-state index contributed by atoms with van der Waals surface area (Å²) in [4.78, 5) is 26.2. The highest BCUT2D eigenvalue weighted by atomic mass is 32.2. The van der Waals surface area contributed by atoms with Crippen LogP contribution in [0.15, 0.2) is 24.3 Å². The largest absolute Gasteiger partial charge is 0.497 e. The molecular weight excluding hydrogens is 300 g/mol. The Bertz CT molecular complexity index is 571. The number of rotatable bonds is 5. The van der Waals surface area contributed by atoms with E-state index in [-0.39, 0.29) is 17.2 Å². The fraction of sp³-hybridized carbons (Fsp3) is 0.500. The van der Waals surface area contributed by atoms with Gasteiger partial charge in [0.05, 0.1) is 12.9 Å². The number of methoxy groups -OCH3 is 1. The molecule has 0 unspecified atom stereocenters. The Kier molecular flexibility index (Phi) is 4.29. The van der Waals surface area contributed by atoms with E-state index in [9.17, 15) is 9.59 Å². The number of nitrogens with zero attached hydrogens (tertiary/aromatic N) is 1. The van der Waals surface area contributed by atoms with Crippen LogP contribution in [0.5, 0.6) is 5.75 Å². The highest BCUT2D eigenvalue weighted by Gasteiger charge is 2.39. The molecule has 1 saturated heterocycles. The van der Waals surface area contributed by atoms with E-state index in [1.807, 2.05) is 24.3 Å². The second-order valence-electron chi connectivity index (χ2n) is 5.70. The standard InChI is InChI=1S/C16H20N2O3S/c1-10(15(20)17-12-5-6-12)18-14(19)9-22-16(18)11-3-7-13(21-2)8-4-11/h3-4,7-8,10,12,16H,5-6,9H2,1-2H3,(H,17,20)/t10-,16-/m1/s1. The first-order valence-electron chi connectivity index (χ1n) is 7.47. The summed E-state index contributed by atoms with van der Waals surface area (Å²) in [7, 11) is 1.62. The van der Waals surface area contributed by atoms with Crippen LogP contribution in [0.4, 0.5) is 0 Å². The number of benzene rings is 1. The van der Waals surface area contributed by atoms with Crippen molar-refractivity contribution >= 4 is 23.6 Å². The van der Waals surface area contributed by atoms with Crippen LogP contribution in [0.3, 0.4) is 0 Å². The van der Waals surface area contributed by atoms with Gasteiger partial charge in [0.15, 0.2) is 0 Å². The number of hydrogen-bond acceptors (Lipinski definition) is 4. The number of ether oxygens (including phenoxy) is 1. The molecule has 1 aliphatic heterocycles. The van der Waals surface area contributed by atoms with Gasteiger partial charge in [-0.05, 0) is 37.5 Å². The molecule has 1 N–H and O–H groups in total. The van der Waals surface area contributed by atoms with Crippen molar-refractivity contribution in [3.8, 4) is 5.75 Å². The van der Waals surface area contributed by atoms with Gasteiger partial charge in [-0.2, -0.15) is 0 Å². The van der Waals surface area contributed by atoms with Crippen LogP contribution in [0, 0.1) is 0 Å². The molecule has 1 aromatic carbocycles. The van der Waals surface area contributed by atoms with Crippen molar-refractivity contribution in [2.75, 3.05) is 12.9 Å². The lowest BCUT2D eigenvalue weighted by atomic mass is 10.1. The molecular formula is C16H20N2O3S. The van der Waals surface area contributed by atoms with Crippen molar-refractivity contribution in [1.82, 2.24) is 10.2 Å². The van der Waals surface area contributed by atoms with Crippen molar-refractivity contribution in [2.24, 2.45) is 0 Å². The van der Waals surface area contributed by atoms with E-state index in [4.69, 9.17) is 4.74 Å². The minimum Gasteiger partial charge on any atom is -0.497 e. The van der Waals surface area contributed by atoms with E-state index < -0.39 is 6.04 Å². The molecule has 6 heteroatoms. The molecule has 2 amide bonds. The third-order valence-electron chi connectivity index (χ3n) is 4.03. The topological polar surface area (TPSA) is 58.6 Å². The Morgan fingerprint density at radius 1 is 1.36 bits per heavy atom. The summed E-state index contributed by atoms with van der Waals surface area (Å²) in [6, 6.07) is 7.52. The lowest BCUT2D eigenvalue weighted by molar-refractivity contribution is -0.137. The van der Waals surface area contributed by atoms with Crippen LogP contribution in [-0.2, 0) is 9.59 Å². The number of thioether (sulfide) groups is 1. The first kappa shape index (κ1) is 15.2. The van der Waals surface area contributed by atoms with E-state index in [0.717, 1.165) is 24.2 Å². The predicted octanol–water partition coefficient (Wildman–Crippen LogP) is 1.94. The van der Waals surface area contributed by atoms with E-state index in [1.165, 1.54) is 0 Å². The predicted molar refractivity (Wildman–Crippen MR) is 85.7 cm³/mol. The molecule has 1 aromatic rings. The average Bonchev–Trinajstić information content (AvgIpc) is 3.26. The smallest absolute Gasteiger partial charge is 0.242 e. The van der Waals surface area contributed by atoms with Crippen LogP contribution in [-0.4, -0.2) is 41.7 Å². The first-order valence-corrected chi connectivity index (χ1v) is 8.52. The van der Waals surface area contributed by atoms with Gasteiger partial charge in [-0.1, -0.05) is 12.1 Å². The maximum Gasteiger partial charge on any atom is 0.242 e. The van der Waals surface area contributed by atoms with E-state index >= 15 is 0 Å². The van der Waals surface area contributed by atoms with Gasteiger partial charge in [-0.25, -0.2) is 0 Å². The Morgan fingerprint density at radius 3 is 2.64 bits per heavy atom. The highest BCUT2D eigenvalue weighted by Crippen LogP contribution is 2.40. The molecule has 2 aliphatic rings. The summed E-state index contributed by atoms with van der Waals surface area (Å²) in [5.74, 6) is 1.16. The maximum atomic E-state index is 12.3. The van der Waals surface area contributed by atoms with Crippen molar-refractivity contribution in [2.45, 2.75) is 37.2 Å². The minimum absolute atomic E-state index is 0.0178. The van der Waals surface area contributed by atoms with Gasteiger partial charge >= 0.3 is 0 Å². The van der Waals surface area contributed by atoms with Crippen molar-refractivity contribution < 1.29 is 14.3 Å². The zero-order valence-corrected chi connectivity index (χ0v) is 13.6. The molecule has 0 aromatic heterocycles. The Morgan fingerprint density at radius 2 is 2.05 bits per heavy atom. The third-order valence-corrected chi connectivity index (χ3v) is 5.26. The van der Waals surface area contributed by atoms with Crippen LogP contribution in [0.1, 0.15) is 30.7 Å². The molecule has 2 atom stereocenters. The number of amides is 2. The Balaban J connectivity index is 1.76. The lowest BCUT2D eigenvalue weighted by Gasteiger charge is -2.29. The second-order valence-corrected chi connectivity index (χ2v) is 6.76. The van der Waals surface area contributed by atoms with E-state index in [2.05, 4.69) is 5.32 Å². The molecule has 0 radical (unpaired) electrons. The lowest BCUT2D eigenvalue weighted by Crippen LogP contribution is -2.47. The van der Waals surface area contributed by atoms with Gasteiger partial charge in [0.2, 0.25) is 11.8 Å². The van der Waals surface area contributed by atoms with Crippen LogP contribution in [0.2, 0.25) is 0 Å². The van der Waals surface area contributed by atoms with Gasteiger partial charge in [0.25, 0.3) is 0 Å². The SMILES string of the molecule is COc1ccc([C@H]2SCC(=O)N2[C@H](C)C(=O)NC2CC2)cc1. The molecule has 22 heavy (non-hydrogen) atoms. The fourth-order valence-electron chi connectivity index (χ4n) is 2.56. The fourth-order valence-corrected chi connectivity index (χ4v) is 3.82. The monoisotopic (exact) mass is 320 g/mol. The van der Waals surface area contributed by atoms with E-state index in [0.29, 0.717) is 11.8 Å². The molecule has 0 bridgehead atoms. The van der Waals surface area contributed by atoms with E-state index in [1.54, 1.807) is 30.7 Å². The Hall–Kier alpha value is -1.69. The molecule has 0 spiro atoms. The summed E-state index contributed by atoms with van der Waals surface area (Å²) in [5, 5.41) is 2.87.